The van der Waals surface area contributed by atoms with Crippen LogP contribution in [0.2, 0.25) is 0 Å². The highest BCUT2D eigenvalue weighted by atomic mass is 16.5. The van der Waals surface area contributed by atoms with E-state index in [0.29, 0.717) is 5.75 Å². The lowest BCUT2D eigenvalue weighted by Gasteiger charge is -2.08. The van der Waals surface area contributed by atoms with Crippen LogP contribution in [0.15, 0.2) is 84.0 Å². The number of nitrogens with zero attached hydrogens (tertiary/aromatic N) is 1. The van der Waals surface area contributed by atoms with Crippen LogP contribution in [0.5, 0.6) is 5.75 Å². The average molecular weight is 425 g/mol. The van der Waals surface area contributed by atoms with Crippen molar-refractivity contribution in [1.82, 2.24) is 5.43 Å². The van der Waals surface area contributed by atoms with E-state index in [4.69, 9.17) is 4.74 Å². The fraction of sp³-hybridized carbons (Fsp3) is 0.214. The number of carbonyl (C=O) groups excluding carboxylic acids is 1. The summed E-state index contributed by atoms with van der Waals surface area (Å²) in [6.45, 7) is 2.12. The third kappa shape index (κ3) is 5.33. The van der Waals surface area contributed by atoms with Gasteiger partial charge in [-0.1, -0.05) is 80.4 Å². The summed E-state index contributed by atoms with van der Waals surface area (Å²) in [5, 5.41) is 8.68. The van der Waals surface area contributed by atoms with Crippen molar-refractivity contribution in [2.45, 2.75) is 32.6 Å². The fourth-order valence-electron chi connectivity index (χ4n) is 3.87. The van der Waals surface area contributed by atoms with Crippen LogP contribution in [0.4, 0.5) is 0 Å². The number of unbranched alkanes of at least 4 members (excludes halogenated alkanes) is 2. The van der Waals surface area contributed by atoms with E-state index in [1.807, 2.05) is 36.4 Å². The number of hydrogen-bond donors (Lipinski definition) is 1. The van der Waals surface area contributed by atoms with Gasteiger partial charge in [-0.15, -0.1) is 0 Å². The Bertz CT molecular complexity index is 1180. The van der Waals surface area contributed by atoms with Gasteiger partial charge in [0.25, 0.3) is 5.91 Å². The van der Waals surface area contributed by atoms with Gasteiger partial charge < -0.3 is 4.74 Å². The Morgan fingerprint density at radius 2 is 1.56 bits per heavy atom. The van der Waals surface area contributed by atoms with Crippen LogP contribution in [0.1, 0.15) is 37.3 Å². The largest absolute Gasteiger partial charge is 0.484 e. The zero-order valence-corrected chi connectivity index (χ0v) is 18.4. The molecule has 0 aliphatic rings. The molecule has 0 heterocycles. The van der Waals surface area contributed by atoms with E-state index in [9.17, 15) is 4.79 Å². The van der Waals surface area contributed by atoms with Crippen molar-refractivity contribution in [2.75, 3.05) is 6.61 Å². The Hall–Kier alpha value is -3.66. The quantitative estimate of drug-likeness (QED) is 0.149. The number of fused-ring (bicyclic) bond motifs is 2. The third-order valence-corrected chi connectivity index (χ3v) is 5.56. The number of hydrogen-bond acceptors (Lipinski definition) is 3. The molecule has 0 saturated carbocycles. The highest BCUT2D eigenvalue weighted by molar-refractivity contribution is 6.13. The zero-order chi connectivity index (χ0) is 22.2. The molecule has 0 fully saturated rings. The van der Waals surface area contributed by atoms with Crippen LogP contribution in [0, 0.1) is 0 Å². The molecule has 0 aromatic heterocycles. The molecule has 0 atom stereocenters. The van der Waals surface area contributed by atoms with Crippen LogP contribution in [0.25, 0.3) is 21.5 Å². The summed E-state index contributed by atoms with van der Waals surface area (Å²) in [7, 11) is 0. The third-order valence-electron chi connectivity index (χ3n) is 5.56. The SMILES string of the molecule is CCCCCc1ccc(OCC(=O)N/N=C\c2c3ccccc3cc3ccccc23)cc1. The monoisotopic (exact) mass is 424 g/mol. The first-order valence-corrected chi connectivity index (χ1v) is 11.2. The van der Waals surface area contributed by atoms with E-state index in [1.54, 1.807) is 6.21 Å². The maximum absolute atomic E-state index is 12.2. The summed E-state index contributed by atoms with van der Waals surface area (Å²) in [5.41, 5.74) is 4.86. The number of nitrogens with one attached hydrogen (secondary N) is 1. The molecular formula is C28H28N2O2. The molecule has 1 N–H and O–H groups in total. The predicted molar refractivity (Wildman–Crippen MR) is 132 cm³/mol. The second kappa shape index (κ2) is 10.6. The van der Waals surface area contributed by atoms with Crippen molar-refractivity contribution >= 4 is 33.7 Å². The second-order valence-corrected chi connectivity index (χ2v) is 7.92. The minimum atomic E-state index is -0.294. The number of aryl methyl sites for hydroxylation is 1. The molecule has 0 saturated heterocycles. The summed E-state index contributed by atoms with van der Waals surface area (Å²) >= 11 is 0. The van der Waals surface area contributed by atoms with Crippen molar-refractivity contribution in [1.29, 1.82) is 0 Å². The van der Waals surface area contributed by atoms with Crippen LogP contribution in [0.3, 0.4) is 0 Å². The normalized spacial score (nSPS) is 11.3. The van der Waals surface area contributed by atoms with Crippen molar-refractivity contribution in [3.63, 3.8) is 0 Å². The van der Waals surface area contributed by atoms with Gasteiger partial charge in [0.2, 0.25) is 0 Å². The van der Waals surface area contributed by atoms with Crippen LogP contribution in [-0.2, 0) is 11.2 Å². The number of ether oxygens (including phenoxy) is 1. The smallest absolute Gasteiger partial charge is 0.277 e. The molecule has 1 amide bonds. The van der Waals surface area contributed by atoms with E-state index < -0.39 is 0 Å². The lowest BCUT2D eigenvalue weighted by molar-refractivity contribution is -0.123. The molecule has 162 valence electrons. The highest BCUT2D eigenvalue weighted by Crippen LogP contribution is 2.27. The van der Waals surface area contributed by atoms with Crippen LogP contribution >= 0.6 is 0 Å². The number of carbonyl (C=O) groups is 1. The Labute approximate surface area is 188 Å². The van der Waals surface area contributed by atoms with Crippen LogP contribution < -0.4 is 10.2 Å². The maximum Gasteiger partial charge on any atom is 0.277 e. The summed E-state index contributed by atoms with van der Waals surface area (Å²) in [4.78, 5) is 12.2. The standard InChI is InChI=1S/C28H28N2O2/c1-2-3-4-9-21-14-16-24(17-15-21)32-20-28(31)30-29-19-27-25-12-7-5-10-22(25)18-23-11-6-8-13-26(23)27/h5-8,10-19H,2-4,9,20H2,1H3,(H,30,31)/b29-19-. The molecule has 4 heteroatoms. The molecule has 4 aromatic carbocycles. The van der Waals surface area contributed by atoms with Gasteiger partial charge in [0, 0.05) is 5.56 Å². The summed E-state index contributed by atoms with van der Waals surface area (Å²) in [6, 6.07) is 26.5. The minimum absolute atomic E-state index is 0.0805. The molecule has 0 unspecified atom stereocenters. The van der Waals surface area contributed by atoms with Gasteiger partial charge in [0.1, 0.15) is 5.75 Å². The predicted octanol–water partition coefficient (Wildman–Crippen LogP) is 6.25. The fourth-order valence-corrected chi connectivity index (χ4v) is 3.87. The van der Waals surface area contributed by atoms with E-state index in [2.05, 4.69) is 59.9 Å². The van der Waals surface area contributed by atoms with Crippen molar-refractivity contribution in [3.8, 4) is 5.75 Å². The van der Waals surface area contributed by atoms with Crippen molar-refractivity contribution < 1.29 is 9.53 Å². The van der Waals surface area contributed by atoms with Gasteiger partial charge in [0.05, 0.1) is 6.21 Å². The molecule has 0 aliphatic carbocycles. The van der Waals surface area contributed by atoms with E-state index in [1.165, 1.54) is 24.8 Å². The second-order valence-electron chi connectivity index (χ2n) is 7.92. The van der Waals surface area contributed by atoms with Gasteiger partial charge in [-0.3, -0.25) is 4.79 Å². The average Bonchev–Trinajstić information content (AvgIpc) is 2.83. The lowest BCUT2D eigenvalue weighted by atomic mass is 9.97. The summed E-state index contributed by atoms with van der Waals surface area (Å²) in [6.07, 6.45) is 6.45. The molecule has 0 aliphatic heterocycles. The Morgan fingerprint density at radius 3 is 2.22 bits per heavy atom. The summed E-state index contributed by atoms with van der Waals surface area (Å²) < 4.78 is 5.61. The van der Waals surface area contributed by atoms with Gasteiger partial charge >= 0.3 is 0 Å². The number of rotatable bonds is 9. The van der Waals surface area contributed by atoms with Crippen LogP contribution in [-0.4, -0.2) is 18.7 Å². The van der Waals surface area contributed by atoms with Gasteiger partial charge in [-0.2, -0.15) is 5.10 Å². The molecule has 4 rings (SSSR count). The topological polar surface area (TPSA) is 50.7 Å². The molecule has 0 bridgehead atoms. The Balaban J connectivity index is 1.38. The van der Waals surface area contributed by atoms with E-state index in [-0.39, 0.29) is 12.5 Å². The number of hydrazone groups is 1. The molecule has 32 heavy (non-hydrogen) atoms. The Morgan fingerprint density at radius 1 is 0.906 bits per heavy atom. The van der Waals surface area contributed by atoms with Crippen molar-refractivity contribution in [2.24, 2.45) is 5.10 Å². The molecule has 0 radical (unpaired) electrons. The highest BCUT2D eigenvalue weighted by Gasteiger charge is 2.06. The maximum atomic E-state index is 12.2. The first-order valence-electron chi connectivity index (χ1n) is 11.2. The minimum Gasteiger partial charge on any atom is -0.484 e. The summed E-state index contributed by atoms with van der Waals surface area (Å²) in [5.74, 6) is 0.390. The zero-order valence-electron chi connectivity index (χ0n) is 18.4. The number of benzene rings is 4. The van der Waals surface area contributed by atoms with E-state index in [0.717, 1.165) is 33.5 Å². The lowest BCUT2D eigenvalue weighted by Crippen LogP contribution is -2.24. The van der Waals surface area contributed by atoms with Crippen molar-refractivity contribution in [3.05, 3.63) is 90.0 Å². The molecular weight excluding hydrogens is 396 g/mol. The Kier molecular flexibility index (Phi) is 7.13. The number of amides is 1. The van der Waals surface area contributed by atoms with E-state index >= 15 is 0 Å². The molecule has 4 nitrogen and oxygen atoms in total. The van der Waals surface area contributed by atoms with Gasteiger partial charge in [0.15, 0.2) is 6.61 Å². The first kappa shape index (κ1) is 21.6. The first-order chi connectivity index (χ1) is 15.7. The molecule has 0 spiro atoms. The van der Waals surface area contributed by atoms with Gasteiger partial charge in [-0.05, 0) is 58.1 Å². The van der Waals surface area contributed by atoms with Gasteiger partial charge in [-0.25, -0.2) is 5.43 Å². The molecule has 4 aromatic rings.